The van der Waals surface area contributed by atoms with E-state index >= 15 is 0 Å². The number of thiol groups is 1. The molecule has 0 aliphatic rings. The van der Waals surface area contributed by atoms with Crippen LogP contribution in [0, 0.1) is 18.3 Å². The smallest absolute Gasteiger partial charge is 0.143 e. The van der Waals surface area contributed by atoms with E-state index in [-0.39, 0.29) is 0 Å². The fourth-order valence-corrected chi connectivity index (χ4v) is 0.928. The Labute approximate surface area is 64.9 Å². The number of nitriles is 1. The molecule has 50 valence electrons. The minimum Gasteiger partial charge on any atom is -0.244 e. The third kappa shape index (κ3) is 1.28. The van der Waals surface area contributed by atoms with Gasteiger partial charge in [-0.05, 0) is 18.6 Å². The molecule has 2 nitrogen and oxygen atoms in total. The summed E-state index contributed by atoms with van der Waals surface area (Å²) in [6, 6.07) is 3.79. The molecule has 1 aromatic rings. The zero-order valence-corrected chi connectivity index (χ0v) is 6.39. The maximum atomic E-state index is 8.47. The van der Waals surface area contributed by atoms with Crippen molar-refractivity contribution >= 4 is 12.6 Å². The first-order valence-electron chi connectivity index (χ1n) is 2.80. The number of hydrogen-bond donors (Lipinski definition) is 1. The van der Waals surface area contributed by atoms with Crippen LogP contribution in [0.2, 0.25) is 0 Å². The van der Waals surface area contributed by atoms with Crippen LogP contribution in [-0.2, 0) is 0 Å². The van der Waals surface area contributed by atoms with Crippen LogP contribution in [0.4, 0.5) is 0 Å². The van der Waals surface area contributed by atoms with Crippen LogP contribution in [0.15, 0.2) is 17.2 Å². The van der Waals surface area contributed by atoms with Gasteiger partial charge in [0, 0.05) is 11.1 Å². The molecule has 1 aromatic heterocycles. The third-order valence-electron chi connectivity index (χ3n) is 1.17. The van der Waals surface area contributed by atoms with Crippen LogP contribution in [0.5, 0.6) is 0 Å². The summed E-state index contributed by atoms with van der Waals surface area (Å²) in [5.74, 6) is 0. The lowest BCUT2D eigenvalue weighted by Gasteiger charge is -1.94. The van der Waals surface area contributed by atoms with Gasteiger partial charge in [-0.25, -0.2) is 4.98 Å². The molecule has 0 radical (unpaired) electrons. The highest BCUT2D eigenvalue weighted by atomic mass is 32.1. The average molecular weight is 150 g/mol. The van der Waals surface area contributed by atoms with E-state index in [2.05, 4.69) is 17.6 Å². The molecule has 0 aliphatic heterocycles. The summed E-state index contributed by atoms with van der Waals surface area (Å²) in [7, 11) is 0. The third-order valence-corrected chi connectivity index (χ3v) is 1.41. The van der Waals surface area contributed by atoms with Crippen molar-refractivity contribution in [2.24, 2.45) is 0 Å². The van der Waals surface area contributed by atoms with Gasteiger partial charge in [0.1, 0.15) is 11.8 Å². The maximum Gasteiger partial charge on any atom is 0.143 e. The van der Waals surface area contributed by atoms with Crippen molar-refractivity contribution < 1.29 is 0 Å². The van der Waals surface area contributed by atoms with E-state index in [0.29, 0.717) is 5.69 Å². The van der Waals surface area contributed by atoms with E-state index in [9.17, 15) is 0 Å². The van der Waals surface area contributed by atoms with Gasteiger partial charge in [0.2, 0.25) is 0 Å². The Morgan fingerprint density at radius 1 is 1.70 bits per heavy atom. The van der Waals surface area contributed by atoms with Gasteiger partial charge in [0.05, 0.1) is 0 Å². The SMILES string of the molecule is Cc1cc(S)cnc1C#N. The van der Waals surface area contributed by atoms with Crippen molar-refractivity contribution in [2.45, 2.75) is 11.8 Å². The summed E-state index contributed by atoms with van der Waals surface area (Å²) in [5.41, 5.74) is 1.34. The zero-order valence-electron chi connectivity index (χ0n) is 5.50. The molecule has 0 bridgehead atoms. The summed E-state index contributed by atoms with van der Waals surface area (Å²) in [4.78, 5) is 4.65. The number of hydrogen-bond acceptors (Lipinski definition) is 3. The molecule has 0 spiro atoms. The minimum atomic E-state index is 0.470. The quantitative estimate of drug-likeness (QED) is 0.570. The first-order chi connectivity index (χ1) is 4.74. The summed E-state index contributed by atoms with van der Waals surface area (Å²) in [6.07, 6.45) is 1.56. The molecule has 1 heterocycles. The topological polar surface area (TPSA) is 36.7 Å². The Morgan fingerprint density at radius 2 is 2.40 bits per heavy atom. The van der Waals surface area contributed by atoms with E-state index < -0.39 is 0 Å². The molecular formula is C7H6N2S. The van der Waals surface area contributed by atoms with Gasteiger partial charge in [-0.2, -0.15) is 5.26 Å². The predicted molar refractivity (Wildman–Crippen MR) is 40.9 cm³/mol. The van der Waals surface area contributed by atoms with Crippen molar-refractivity contribution in [2.75, 3.05) is 0 Å². The molecule has 0 aliphatic carbocycles. The standard InChI is InChI=1S/C7H6N2S/c1-5-2-6(10)4-9-7(5)3-8/h2,4,10H,1H3. The van der Waals surface area contributed by atoms with Gasteiger partial charge < -0.3 is 0 Å². The average Bonchev–Trinajstić information content (AvgIpc) is 1.88. The van der Waals surface area contributed by atoms with Crippen molar-refractivity contribution in [3.63, 3.8) is 0 Å². The Morgan fingerprint density at radius 3 is 2.90 bits per heavy atom. The molecule has 0 aromatic carbocycles. The second kappa shape index (κ2) is 2.72. The van der Waals surface area contributed by atoms with Crippen molar-refractivity contribution in [3.05, 3.63) is 23.5 Å². The van der Waals surface area contributed by atoms with Crippen molar-refractivity contribution in [1.82, 2.24) is 4.98 Å². The first kappa shape index (κ1) is 7.10. The van der Waals surface area contributed by atoms with Crippen LogP contribution in [0.25, 0.3) is 0 Å². The molecule has 10 heavy (non-hydrogen) atoms. The van der Waals surface area contributed by atoms with Gasteiger partial charge in [0.15, 0.2) is 0 Å². The molecule has 0 amide bonds. The van der Waals surface area contributed by atoms with Crippen LogP contribution in [0.3, 0.4) is 0 Å². The molecule has 0 unspecified atom stereocenters. The van der Waals surface area contributed by atoms with E-state index in [1.54, 1.807) is 6.20 Å². The fourth-order valence-electron chi connectivity index (χ4n) is 0.677. The molecule has 0 atom stereocenters. The number of aromatic nitrogens is 1. The van der Waals surface area contributed by atoms with Gasteiger partial charge in [-0.1, -0.05) is 0 Å². The molecule has 0 fully saturated rings. The Balaban J connectivity index is 3.23. The van der Waals surface area contributed by atoms with Gasteiger partial charge in [0.25, 0.3) is 0 Å². The molecule has 0 N–H and O–H groups in total. The minimum absolute atomic E-state index is 0.470. The second-order valence-corrected chi connectivity index (χ2v) is 2.49. The predicted octanol–water partition coefficient (Wildman–Crippen LogP) is 1.55. The number of rotatable bonds is 0. The van der Waals surface area contributed by atoms with E-state index in [0.717, 1.165) is 10.5 Å². The highest BCUT2D eigenvalue weighted by Gasteiger charge is 1.96. The molecule has 0 saturated heterocycles. The lowest BCUT2D eigenvalue weighted by atomic mass is 10.2. The molecule has 0 saturated carbocycles. The van der Waals surface area contributed by atoms with Gasteiger partial charge >= 0.3 is 0 Å². The number of pyridine rings is 1. The van der Waals surface area contributed by atoms with Crippen LogP contribution >= 0.6 is 12.6 Å². The molecule has 3 heteroatoms. The lowest BCUT2D eigenvalue weighted by molar-refractivity contribution is 1.15. The largest absolute Gasteiger partial charge is 0.244 e. The second-order valence-electron chi connectivity index (χ2n) is 1.97. The van der Waals surface area contributed by atoms with E-state index in [1.807, 2.05) is 19.1 Å². The first-order valence-corrected chi connectivity index (χ1v) is 3.24. The summed E-state index contributed by atoms with van der Waals surface area (Å²) in [6.45, 7) is 1.84. The van der Waals surface area contributed by atoms with Crippen LogP contribution in [-0.4, -0.2) is 4.98 Å². The van der Waals surface area contributed by atoms with Gasteiger partial charge in [-0.3, -0.25) is 0 Å². The van der Waals surface area contributed by atoms with Crippen LogP contribution in [0.1, 0.15) is 11.3 Å². The van der Waals surface area contributed by atoms with Gasteiger partial charge in [-0.15, -0.1) is 12.6 Å². The normalized spacial score (nSPS) is 8.90. The highest BCUT2D eigenvalue weighted by molar-refractivity contribution is 7.80. The summed E-state index contributed by atoms with van der Waals surface area (Å²) < 4.78 is 0. The Bertz CT molecular complexity index is 288. The fraction of sp³-hybridized carbons (Fsp3) is 0.143. The number of nitrogens with zero attached hydrogens (tertiary/aromatic N) is 2. The Kier molecular flexibility index (Phi) is 1.93. The highest BCUT2D eigenvalue weighted by Crippen LogP contribution is 2.08. The lowest BCUT2D eigenvalue weighted by Crippen LogP contribution is -1.86. The van der Waals surface area contributed by atoms with Crippen molar-refractivity contribution in [1.29, 1.82) is 5.26 Å². The van der Waals surface area contributed by atoms with Crippen LogP contribution < -0.4 is 0 Å². The monoisotopic (exact) mass is 150 g/mol. The number of aryl methyl sites for hydroxylation is 1. The zero-order chi connectivity index (χ0) is 7.56. The maximum absolute atomic E-state index is 8.47. The summed E-state index contributed by atoms with van der Waals surface area (Å²) >= 11 is 4.07. The Hall–Kier alpha value is -1.01. The van der Waals surface area contributed by atoms with E-state index in [4.69, 9.17) is 5.26 Å². The summed E-state index contributed by atoms with van der Waals surface area (Å²) in [5, 5.41) is 8.47. The molecule has 1 rings (SSSR count). The van der Waals surface area contributed by atoms with E-state index in [1.165, 1.54) is 0 Å². The molecular weight excluding hydrogens is 144 g/mol. The van der Waals surface area contributed by atoms with Crippen molar-refractivity contribution in [3.8, 4) is 6.07 Å².